The number of hydrogen-bond donors (Lipinski definition) is 1. The summed E-state index contributed by atoms with van der Waals surface area (Å²) in [6, 6.07) is 9.76. The van der Waals surface area contributed by atoms with Crippen molar-refractivity contribution in [2.75, 3.05) is 23.3 Å². The Morgan fingerprint density at radius 2 is 1.97 bits per heavy atom. The van der Waals surface area contributed by atoms with Gasteiger partial charge in [0.25, 0.3) is 11.1 Å². The molecule has 0 atom stereocenters. The van der Waals surface area contributed by atoms with Crippen molar-refractivity contribution in [3.8, 4) is 0 Å². The highest BCUT2D eigenvalue weighted by Crippen LogP contribution is 2.41. The predicted octanol–water partition coefficient (Wildman–Crippen LogP) is 6.57. The Hall–Kier alpha value is -3.10. The van der Waals surface area contributed by atoms with E-state index in [0.717, 1.165) is 34.7 Å². The number of thioether (sulfide) groups is 1. The van der Waals surface area contributed by atoms with E-state index in [1.165, 1.54) is 12.1 Å². The Labute approximate surface area is 219 Å². The van der Waals surface area contributed by atoms with E-state index in [9.17, 15) is 14.4 Å². The van der Waals surface area contributed by atoms with Gasteiger partial charge in [0, 0.05) is 34.1 Å². The summed E-state index contributed by atoms with van der Waals surface area (Å²) in [6.07, 6.45) is 4.45. The standard InChI is InChI=1S/C27H27ClFN3O3S/c1-5-9-32-22-13-21(29)17(10-20(22)16(2)14-27(32,3)4)11-23-25(34)31(26(35)36-23)15-24(33)30-19-8-6-7-18(28)12-19/h6-8,10-14H,5,9,15H2,1-4H3,(H,30,33)/b23-11+. The fourth-order valence-corrected chi connectivity index (χ4v) is 5.56. The van der Waals surface area contributed by atoms with Crippen LogP contribution in [-0.4, -0.2) is 40.6 Å². The van der Waals surface area contributed by atoms with Gasteiger partial charge in [0.1, 0.15) is 12.4 Å². The van der Waals surface area contributed by atoms with Crippen LogP contribution in [0.25, 0.3) is 11.6 Å². The molecule has 1 saturated heterocycles. The summed E-state index contributed by atoms with van der Waals surface area (Å²) >= 11 is 6.62. The first-order valence-electron chi connectivity index (χ1n) is 11.6. The smallest absolute Gasteiger partial charge is 0.294 e. The van der Waals surface area contributed by atoms with Crippen molar-refractivity contribution >= 4 is 63.4 Å². The van der Waals surface area contributed by atoms with Crippen molar-refractivity contribution in [3.05, 3.63) is 69.3 Å². The molecule has 2 aliphatic rings. The number of anilines is 2. The fraction of sp³-hybridized carbons (Fsp3) is 0.296. The molecule has 0 aliphatic carbocycles. The first kappa shape index (κ1) is 26.0. The fourth-order valence-electron chi connectivity index (χ4n) is 4.55. The van der Waals surface area contributed by atoms with Gasteiger partial charge in [0.05, 0.1) is 10.4 Å². The highest BCUT2D eigenvalue weighted by Gasteiger charge is 2.37. The molecule has 0 saturated carbocycles. The summed E-state index contributed by atoms with van der Waals surface area (Å²) in [5, 5.41) is 2.47. The molecule has 0 radical (unpaired) electrons. The average Bonchev–Trinajstić information content (AvgIpc) is 3.04. The van der Waals surface area contributed by atoms with Crippen LogP contribution in [0.5, 0.6) is 0 Å². The third-order valence-corrected chi connectivity index (χ3v) is 7.26. The third kappa shape index (κ3) is 5.20. The minimum Gasteiger partial charge on any atom is -0.362 e. The largest absolute Gasteiger partial charge is 0.362 e. The molecule has 0 spiro atoms. The molecular weight excluding hydrogens is 501 g/mol. The Kier molecular flexibility index (Phi) is 7.29. The molecule has 2 aromatic carbocycles. The average molecular weight is 528 g/mol. The molecule has 9 heteroatoms. The number of nitrogens with one attached hydrogen (secondary N) is 1. The maximum absolute atomic E-state index is 15.2. The van der Waals surface area contributed by atoms with Gasteiger partial charge in [-0.25, -0.2) is 4.39 Å². The van der Waals surface area contributed by atoms with Crippen LogP contribution in [0, 0.1) is 5.82 Å². The zero-order chi connectivity index (χ0) is 26.2. The summed E-state index contributed by atoms with van der Waals surface area (Å²) < 4.78 is 15.2. The maximum atomic E-state index is 15.2. The van der Waals surface area contributed by atoms with E-state index in [-0.39, 0.29) is 16.0 Å². The minimum absolute atomic E-state index is 0.0672. The Morgan fingerprint density at radius 3 is 2.67 bits per heavy atom. The van der Waals surface area contributed by atoms with Gasteiger partial charge in [-0.15, -0.1) is 0 Å². The lowest BCUT2D eigenvalue weighted by atomic mass is 9.87. The van der Waals surface area contributed by atoms with Crippen LogP contribution in [0.1, 0.15) is 45.2 Å². The van der Waals surface area contributed by atoms with Crippen LogP contribution in [0.15, 0.2) is 47.4 Å². The summed E-state index contributed by atoms with van der Waals surface area (Å²) in [7, 11) is 0. The predicted molar refractivity (Wildman–Crippen MR) is 145 cm³/mol. The zero-order valence-electron chi connectivity index (χ0n) is 20.5. The molecule has 188 valence electrons. The first-order chi connectivity index (χ1) is 17.0. The molecule has 0 aromatic heterocycles. The molecule has 1 fully saturated rings. The number of hydrogen-bond acceptors (Lipinski definition) is 5. The molecule has 0 bridgehead atoms. The van der Waals surface area contributed by atoms with Crippen molar-refractivity contribution in [3.63, 3.8) is 0 Å². The van der Waals surface area contributed by atoms with Crippen LogP contribution in [0.3, 0.4) is 0 Å². The number of imide groups is 1. The van der Waals surface area contributed by atoms with Gasteiger partial charge in [-0.1, -0.05) is 30.7 Å². The molecular formula is C27H27ClFN3O3S. The number of fused-ring (bicyclic) bond motifs is 1. The molecule has 2 aromatic rings. The van der Waals surface area contributed by atoms with Crippen molar-refractivity contribution < 1.29 is 18.8 Å². The molecule has 4 rings (SSSR count). The Balaban J connectivity index is 1.57. The SMILES string of the molecule is CCCN1c2cc(F)c(/C=C3/SC(=O)N(CC(=O)Nc4cccc(Cl)c4)C3=O)cc2C(C)=CC1(C)C. The van der Waals surface area contributed by atoms with Gasteiger partial charge in [0.2, 0.25) is 5.91 Å². The van der Waals surface area contributed by atoms with Gasteiger partial charge in [-0.3, -0.25) is 19.3 Å². The second-order valence-electron chi connectivity index (χ2n) is 9.35. The van der Waals surface area contributed by atoms with E-state index in [1.807, 2.05) is 6.92 Å². The number of carbonyl (C=O) groups is 3. The molecule has 3 amide bonds. The van der Waals surface area contributed by atoms with E-state index in [1.54, 1.807) is 30.3 Å². The third-order valence-electron chi connectivity index (χ3n) is 6.11. The number of rotatable bonds is 6. The highest BCUT2D eigenvalue weighted by atomic mass is 35.5. The van der Waals surface area contributed by atoms with Crippen LogP contribution >= 0.6 is 23.4 Å². The number of benzene rings is 2. The van der Waals surface area contributed by atoms with Gasteiger partial charge in [-0.05, 0) is 80.9 Å². The molecule has 6 nitrogen and oxygen atoms in total. The lowest BCUT2D eigenvalue weighted by Crippen LogP contribution is -2.45. The van der Waals surface area contributed by atoms with Gasteiger partial charge < -0.3 is 10.2 Å². The van der Waals surface area contributed by atoms with Crippen LogP contribution < -0.4 is 10.2 Å². The van der Waals surface area contributed by atoms with E-state index >= 15 is 4.39 Å². The summed E-state index contributed by atoms with van der Waals surface area (Å²) in [4.78, 5) is 40.9. The Bertz CT molecular complexity index is 1320. The van der Waals surface area contributed by atoms with Gasteiger partial charge >= 0.3 is 0 Å². The van der Waals surface area contributed by atoms with Gasteiger partial charge in [0.15, 0.2) is 0 Å². The lowest BCUT2D eigenvalue weighted by molar-refractivity contribution is -0.127. The van der Waals surface area contributed by atoms with E-state index in [2.05, 4.69) is 37.1 Å². The van der Waals surface area contributed by atoms with E-state index in [4.69, 9.17) is 11.6 Å². The van der Waals surface area contributed by atoms with Crippen LogP contribution in [0.4, 0.5) is 20.6 Å². The topological polar surface area (TPSA) is 69.7 Å². The second kappa shape index (κ2) is 10.1. The number of carbonyl (C=O) groups excluding carboxylic acids is 3. The van der Waals surface area contributed by atoms with E-state index in [0.29, 0.717) is 22.5 Å². The molecule has 36 heavy (non-hydrogen) atoms. The number of allylic oxidation sites excluding steroid dienone is 1. The van der Waals surface area contributed by atoms with Crippen molar-refractivity contribution in [1.82, 2.24) is 4.90 Å². The van der Waals surface area contributed by atoms with Crippen molar-refractivity contribution in [1.29, 1.82) is 0 Å². The molecule has 0 unspecified atom stereocenters. The minimum atomic E-state index is -0.635. The van der Waals surface area contributed by atoms with Crippen LogP contribution in [-0.2, 0) is 9.59 Å². The normalized spacial score (nSPS) is 17.9. The first-order valence-corrected chi connectivity index (χ1v) is 12.8. The molecule has 2 aliphatic heterocycles. The molecule has 2 heterocycles. The summed E-state index contributed by atoms with van der Waals surface area (Å²) in [6.45, 7) is 8.58. The summed E-state index contributed by atoms with van der Waals surface area (Å²) in [5.74, 6) is -1.66. The summed E-state index contributed by atoms with van der Waals surface area (Å²) in [5.41, 5.74) is 3.12. The quantitative estimate of drug-likeness (QED) is 0.430. The van der Waals surface area contributed by atoms with Crippen molar-refractivity contribution in [2.45, 2.75) is 39.7 Å². The highest BCUT2D eigenvalue weighted by molar-refractivity contribution is 8.18. The lowest BCUT2D eigenvalue weighted by Gasteiger charge is -2.43. The van der Waals surface area contributed by atoms with Crippen molar-refractivity contribution in [2.24, 2.45) is 0 Å². The maximum Gasteiger partial charge on any atom is 0.294 e. The second-order valence-corrected chi connectivity index (χ2v) is 10.8. The molecule has 1 N–H and O–H groups in total. The monoisotopic (exact) mass is 527 g/mol. The number of halogens is 2. The Morgan fingerprint density at radius 1 is 1.22 bits per heavy atom. The number of amides is 3. The zero-order valence-corrected chi connectivity index (χ0v) is 22.1. The number of nitrogens with zero attached hydrogens (tertiary/aromatic N) is 2. The van der Waals surface area contributed by atoms with E-state index < -0.39 is 29.4 Å². The van der Waals surface area contributed by atoms with Gasteiger partial charge in [-0.2, -0.15) is 0 Å². The van der Waals surface area contributed by atoms with Crippen LogP contribution in [0.2, 0.25) is 5.02 Å².